The normalized spacial score (nSPS) is 11.8. The largest absolute Gasteiger partial charge is 0.309 e. The highest BCUT2D eigenvalue weighted by Crippen LogP contribution is 2.30. The minimum absolute atomic E-state index is 0.0679. The molecule has 0 saturated carbocycles. The van der Waals surface area contributed by atoms with Crippen LogP contribution in [0.3, 0.4) is 0 Å². The van der Waals surface area contributed by atoms with E-state index >= 15 is 0 Å². The van der Waals surface area contributed by atoms with Crippen LogP contribution in [-0.4, -0.2) is 12.0 Å². The van der Waals surface area contributed by atoms with E-state index in [9.17, 15) is 0 Å². The van der Waals surface area contributed by atoms with Gasteiger partial charge >= 0.3 is 0 Å². The molecular formula is C15H20N2S. The first kappa shape index (κ1) is 13.2. The maximum atomic E-state index is 4.77. The van der Waals surface area contributed by atoms with E-state index in [0.717, 1.165) is 10.7 Å². The second-order valence-corrected chi connectivity index (χ2v) is 6.09. The highest BCUT2D eigenvalue weighted by Gasteiger charge is 2.22. The van der Waals surface area contributed by atoms with Crippen LogP contribution in [0, 0.1) is 13.8 Å². The summed E-state index contributed by atoms with van der Waals surface area (Å²) in [5.41, 5.74) is 4.82. The van der Waals surface area contributed by atoms with Crippen LogP contribution in [0.15, 0.2) is 23.6 Å². The fourth-order valence-corrected chi connectivity index (χ4v) is 2.84. The highest BCUT2D eigenvalue weighted by molar-refractivity contribution is 7.10. The van der Waals surface area contributed by atoms with Gasteiger partial charge in [0.05, 0.1) is 11.2 Å². The topological polar surface area (TPSA) is 24.9 Å². The Kier molecular flexibility index (Phi) is 3.55. The van der Waals surface area contributed by atoms with Crippen molar-refractivity contribution >= 4 is 11.3 Å². The van der Waals surface area contributed by atoms with Gasteiger partial charge in [-0.05, 0) is 40.3 Å². The number of hydrogen-bond donors (Lipinski definition) is 1. The number of aromatic nitrogens is 1. The predicted molar refractivity (Wildman–Crippen MR) is 79.1 cm³/mol. The van der Waals surface area contributed by atoms with Gasteiger partial charge in [0.1, 0.15) is 5.01 Å². The molecular weight excluding hydrogens is 240 g/mol. The number of nitrogens with zero attached hydrogens (tertiary/aromatic N) is 1. The summed E-state index contributed by atoms with van der Waals surface area (Å²) in [6, 6.07) is 6.51. The Balaban J connectivity index is 2.41. The second-order valence-electron chi connectivity index (χ2n) is 5.23. The minimum Gasteiger partial charge on any atom is -0.309 e. The van der Waals surface area contributed by atoms with Crippen LogP contribution in [0.5, 0.6) is 0 Å². The van der Waals surface area contributed by atoms with Gasteiger partial charge in [0.25, 0.3) is 0 Å². The van der Waals surface area contributed by atoms with Gasteiger partial charge in [-0.25, -0.2) is 4.98 Å². The molecule has 3 heteroatoms. The number of thiazole rings is 1. The Hall–Kier alpha value is -1.19. The van der Waals surface area contributed by atoms with Crippen molar-refractivity contribution in [3.8, 4) is 11.3 Å². The summed E-state index contributed by atoms with van der Waals surface area (Å²) >= 11 is 1.72. The fourth-order valence-electron chi connectivity index (χ4n) is 1.89. The second kappa shape index (κ2) is 4.82. The zero-order valence-corrected chi connectivity index (χ0v) is 12.5. The first-order chi connectivity index (χ1) is 8.44. The minimum atomic E-state index is -0.0679. The predicted octanol–water partition coefficient (Wildman–Crippen LogP) is 3.88. The number of benzene rings is 1. The van der Waals surface area contributed by atoms with Crippen molar-refractivity contribution in [2.24, 2.45) is 0 Å². The van der Waals surface area contributed by atoms with Gasteiger partial charge in [-0.2, -0.15) is 0 Å². The van der Waals surface area contributed by atoms with Crippen LogP contribution in [0.4, 0.5) is 0 Å². The lowest BCUT2D eigenvalue weighted by molar-refractivity contribution is 0.442. The molecule has 0 fully saturated rings. The zero-order valence-electron chi connectivity index (χ0n) is 11.7. The Morgan fingerprint density at radius 1 is 1.22 bits per heavy atom. The van der Waals surface area contributed by atoms with E-state index in [1.807, 2.05) is 7.05 Å². The van der Waals surface area contributed by atoms with Crippen LogP contribution < -0.4 is 5.32 Å². The molecule has 2 nitrogen and oxygen atoms in total. The zero-order chi connectivity index (χ0) is 13.3. The van der Waals surface area contributed by atoms with Gasteiger partial charge in [0, 0.05) is 10.9 Å². The van der Waals surface area contributed by atoms with Crippen LogP contribution in [0.2, 0.25) is 0 Å². The van der Waals surface area contributed by atoms with Crippen molar-refractivity contribution in [2.75, 3.05) is 7.05 Å². The molecule has 0 aliphatic carbocycles. The molecule has 96 valence electrons. The Morgan fingerprint density at radius 3 is 2.56 bits per heavy atom. The summed E-state index contributed by atoms with van der Waals surface area (Å²) < 4.78 is 0. The molecule has 1 aromatic carbocycles. The van der Waals surface area contributed by atoms with E-state index in [1.54, 1.807) is 11.3 Å². The molecule has 2 rings (SSSR count). The molecule has 18 heavy (non-hydrogen) atoms. The molecule has 0 bridgehead atoms. The standard InChI is InChI=1S/C15H20N2S/c1-10-6-7-12(11(2)8-10)13-9-18-14(17-13)15(3,4)16-5/h6-9,16H,1-5H3. The Bertz CT molecular complexity index is 555. The van der Waals surface area contributed by atoms with Crippen molar-refractivity contribution in [2.45, 2.75) is 33.2 Å². The quantitative estimate of drug-likeness (QED) is 0.906. The monoisotopic (exact) mass is 260 g/mol. The molecule has 0 radical (unpaired) electrons. The van der Waals surface area contributed by atoms with Crippen LogP contribution >= 0.6 is 11.3 Å². The van der Waals surface area contributed by atoms with Gasteiger partial charge in [-0.3, -0.25) is 0 Å². The summed E-state index contributed by atoms with van der Waals surface area (Å²) in [6.07, 6.45) is 0. The van der Waals surface area contributed by atoms with Crippen molar-refractivity contribution in [1.29, 1.82) is 0 Å². The first-order valence-electron chi connectivity index (χ1n) is 6.16. The number of rotatable bonds is 3. The summed E-state index contributed by atoms with van der Waals surface area (Å²) in [7, 11) is 1.97. The number of aryl methyl sites for hydroxylation is 2. The SMILES string of the molecule is CNC(C)(C)c1nc(-c2ccc(C)cc2C)cs1. The Labute approximate surface area is 113 Å². The van der Waals surface area contributed by atoms with E-state index < -0.39 is 0 Å². The van der Waals surface area contributed by atoms with E-state index in [2.05, 4.69) is 56.6 Å². The van der Waals surface area contributed by atoms with Gasteiger partial charge in [0.2, 0.25) is 0 Å². The molecule has 2 aromatic rings. The van der Waals surface area contributed by atoms with Gasteiger partial charge in [0.15, 0.2) is 0 Å². The molecule has 0 amide bonds. The fraction of sp³-hybridized carbons (Fsp3) is 0.400. The van der Waals surface area contributed by atoms with Gasteiger partial charge in [-0.1, -0.05) is 23.8 Å². The van der Waals surface area contributed by atoms with Crippen LogP contribution in [0.25, 0.3) is 11.3 Å². The van der Waals surface area contributed by atoms with Crippen LogP contribution in [-0.2, 0) is 5.54 Å². The molecule has 0 atom stereocenters. The molecule has 0 unspecified atom stereocenters. The highest BCUT2D eigenvalue weighted by atomic mass is 32.1. The number of hydrogen-bond acceptors (Lipinski definition) is 3. The summed E-state index contributed by atoms with van der Waals surface area (Å²) in [5.74, 6) is 0. The van der Waals surface area contributed by atoms with E-state index in [-0.39, 0.29) is 5.54 Å². The average molecular weight is 260 g/mol. The lowest BCUT2D eigenvalue weighted by Gasteiger charge is -2.20. The van der Waals surface area contributed by atoms with Crippen LogP contribution in [0.1, 0.15) is 30.0 Å². The molecule has 0 aliphatic rings. The molecule has 0 saturated heterocycles. The van der Waals surface area contributed by atoms with E-state index in [1.165, 1.54) is 16.7 Å². The summed E-state index contributed by atoms with van der Waals surface area (Å²) in [6.45, 7) is 8.56. The maximum absolute atomic E-state index is 4.77. The molecule has 0 spiro atoms. The molecule has 0 aliphatic heterocycles. The van der Waals surface area contributed by atoms with E-state index in [0.29, 0.717) is 0 Å². The average Bonchev–Trinajstić information content (AvgIpc) is 2.79. The van der Waals surface area contributed by atoms with E-state index in [4.69, 9.17) is 4.98 Å². The van der Waals surface area contributed by atoms with Crippen molar-refractivity contribution < 1.29 is 0 Å². The van der Waals surface area contributed by atoms with Gasteiger partial charge in [-0.15, -0.1) is 11.3 Å². The third-order valence-electron chi connectivity index (χ3n) is 3.32. The smallest absolute Gasteiger partial charge is 0.113 e. The lowest BCUT2D eigenvalue weighted by atomic mass is 10.0. The van der Waals surface area contributed by atoms with Crippen molar-refractivity contribution in [3.05, 3.63) is 39.7 Å². The van der Waals surface area contributed by atoms with Crippen molar-refractivity contribution in [1.82, 2.24) is 10.3 Å². The van der Waals surface area contributed by atoms with Gasteiger partial charge < -0.3 is 5.32 Å². The molecule has 1 N–H and O–H groups in total. The third-order valence-corrected chi connectivity index (χ3v) is 4.49. The summed E-state index contributed by atoms with van der Waals surface area (Å²) in [4.78, 5) is 4.77. The third kappa shape index (κ3) is 2.47. The van der Waals surface area contributed by atoms with Crippen molar-refractivity contribution in [3.63, 3.8) is 0 Å². The number of nitrogens with one attached hydrogen (secondary N) is 1. The first-order valence-corrected chi connectivity index (χ1v) is 7.04. The Morgan fingerprint density at radius 2 is 1.94 bits per heavy atom. The maximum Gasteiger partial charge on any atom is 0.113 e. The molecule has 1 aromatic heterocycles. The summed E-state index contributed by atoms with van der Waals surface area (Å²) in [5, 5.41) is 6.56. The lowest BCUT2D eigenvalue weighted by Crippen LogP contribution is -2.32. The molecule has 1 heterocycles.